The van der Waals surface area contributed by atoms with Gasteiger partial charge in [0.05, 0.1) is 11.8 Å². The molecule has 1 fully saturated rings. The molecule has 0 aromatic rings. The highest BCUT2D eigenvalue weighted by molar-refractivity contribution is 5.92. The highest BCUT2D eigenvalue weighted by Gasteiger charge is 2.40. The van der Waals surface area contributed by atoms with Crippen LogP contribution in [0.15, 0.2) is 35.6 Å². The van der Waals surface area contributed by atoms with Crippen molar-refractivity contribution in [3.05, 3.63) is 35.6 Å². The third-order valence-electron chi connectivity index (χ3n) is 3.23. The molecule has 0 amide bonds. The molecule has 3 atom stereocenters. The maximum absolute atomic E-state index is 11.6. The predicted octanol–water partition coefficient (Wildman–Crippen LogP) is 1.22. The highest BCUT2D eigenvalue weighted by atomic mass is 16.7. The minimum Gasteiger partial charge on any atom is -0.458 e. The summed E-state index contributed by atoms with van der Waals surface area (Å²) in [5.74, 6) is -0.801. The molecule has 0 bridgehead atoms. The van der Waals surface area contributed by atoms with Gasteiger partial charge >= 0.3 is 11.9 Å². The highest BCUT2D eigenvalue weighted by Crippen LogP contribution is 2.35. The molecular formula is C13H12O5. The minimum atomic E-state index is -0.748. The van der Waals surface area contributed by atoms with E-state index in [-0.39, 0.29) is 18.0 Å². The van der Waals surface area contributed by atoms with Crippen LogP contribution in [0, 0.1) is 5.92 Å². The predicted molar refractivity (Wildman–Crippen MR) is 59.9 cm³/mol. The average molecular weight is 248 g/mol. The Morgan fingerprint density at radius 2 is 2.17 bits per heavy atom. The summed E-state index contributed by atoms with van der Waals surface area (Å²) in [6.07, 6.45) is 6.72. The molecule has 0 aromatic carbocycles. The molecule has 0 N–H and O–H groups in total. The molecule has 0 aromatic heterocycles. The molecule has 5 heteroatoms. The van der Waals surface area contributed by atoms with Gasteiger partial charge in [0.15, 0.2) is 0 Å². The van der Waals surface area contributed by atoms with Crippen LogP contribution in [0.1, 0.15) is 13.3 Å². The first kappa shape index (κ1) is 11.1. The molecule has 0 unspecified atom stereocenters. The molecular weight excluding hydrogens is 236 g/mol. The lowest BCUT2D eigenvalue weighted by atomic mass is 10.0. The van der Waals surface area contributed by atoms with Gasteiger partial charge in [0.25, 0.3) is 6.29 Å². The zero-order valence-corrected chi connectivity index (χ0v) is 9.79. The van der Waals surface area contributed by atoms with E-state index in [1.165, 1.54) is 6.26 Å². The number of fused-ring (bicyclic) bond motifs is 1. The Hall–Kier alpha value is -2.04. The third kappa shape index (κ3) is 1.72. The van der Waals surface area contributed by atoms with Crippen LogP contribution in [-0.2, 0) is 23.8 Å². The lowest BCUT2D eigenvalue weighted by molar-refractivity contribution is -0.152. The van der Waals surface area contributed by atoms with Gasteiger partial charge in [-0.3, -0.25) is 0 Å². The number of carbonyl (C=O) groups is 2. The summed E-state index contributed by atoms with van der Waals surface area (Å²) in [6, 6.07) is 0. The number of ether oxygens (including phenoxy) is 3. The smallest absolute Gasteiger partial charge is 0.338 e. The summed E-state index contributed by atoms with van der Waals surface area (Å²) in [5, 5.41) is 0. The molecule has 3 aliphatic rings. The standard InChI is InChI=1S/C13H12O5/c1-7-5-11(18-12(7)14)16-6-9-8-3-2-4-10(8)17-13(9)15/h2-3,5-6,8,10-11H,4H2,1H3/b9-6-/t8-,10-,11+/m1/s1. The van der Waals surface area contributed by atoms with Crippen LogP contribution in [0.2, 0.25) is 0 Å². The van der Waals surface area contributed by atoms with Crippen LogP contribution in [0.3, 0.4) is 0 Å². The van der Waals surface area contributed by atoms with Crippen LogP contribution in [-0.4, -0.2) is 24.3 Å². The zero-order valence-electron chi connectivity index (χ0n) is 9.79. The molecule has 2 aliphatic heterocycles. The monoisotopic (exact) mass is 248 g/mol. The van der Waals surface area contributed by atoms with Crippen molar-refractivity contribution in [2.24, 2.45) is 5.92 Å². The van der Waals surface area contributed by atoms with E-state index in [0.717, 1.165) is 6.42 Å². The number of hydrogen-bond acceptors (Lipinski definition) is 5. The second-order valence-electron chi connectivity index (χ2n) is 4.47. The second-order valence-corrected chi connectivity index (χ2v) is 4.47. The van der Waals surface area contributed by atoms with Crippen molar-refractivity contribution >= 4 is 11.9 Å². The number of rotatable bonds is 2. The molecule has 18 heavy (non-hydrogen) atoms. The lowest BCUT2D eigenvalue weighted by Gasteiger charge is -2.09. The van der Waals surface area contributed by atoms with E-state index >= 15 is 0 Å². The van der Waals surface area contributed by atoms with Crippen molar-refractivity contribution in [1.82, 2.24) is 0 Å². The molecule has 0 saturated carbocycles. The molecule has 1 aliphatic carbocycles. The Kier molecular flexibility index (Phi) is 2.47. The summed E-state index contributed by atoms with van der Waals surface area (Å²) >= 11 is 0. The largest absolute Gasteiger partial charge is 0.458 e. The summed E-state index contributed by atoms with van der Waals surface area (Å²) in [4.78, 5) is 22.7. The van der Waals surface area contributed by atoms with Gasteiger partial charge in [0, 0.05) is 24.0 Å². The Labute approximate surface area is 104 Å². The van der Waals surface area contributed by atoms with E-state index in [0.29, 0.717) is 11.1 Å². The normalized spacial score (nSPS) is 35.5. The Bertz CT molecular complexity index is 500. The van der Waals surface area contributed by atoms with Crippen molar-refractivity contribution in [1.29, 1.82) is 0 Å². The van der Waals surface area contributed by atoms with Gasteiger partial charge in [-0.15, -0.1) is 0 Å². The van der Waals surface area contributed by atoms with Crippen LogP contribution in [0.25, 0.3) is 0 Å². The molecule has 1 saturated heterocycles. The van der Waals surface area contributed by atoms with E-state index in [9.17, 15) is 9.59 Å². The van der Waals surface area contributed by atoms with Crippen molar-refractivity contribution < 1.29 is 23.8 Å². The van der Waals surface area contributed by atoms with Crippen molar-refractivity contribution in [2.75, 3.05) is 0 Å². The summed E-state index contributed by atoms with van der Waals surface area (Å²) in [5.41, 5.74) is 0.980. The van der Waals surface area contributed by atoms with Gasteiger partial charge in [0.1, 0.15) is 6.10 Å². The fourth-order valence-electron chi connectivity index (χ4n) is 2.24. The molecule has 94 valence electrons. The van der Waals surface area contributed by atoms with E-state index in [4.69, 9.17) is 14.2 Å². The lowest BCUT2D eigenvalue weighted by Crippen LogP contribution is -2.11. The average Bonchev–Trinajstić information content (AvgIpc) is 2.94. The van der Waals surface area contributed by atoms with E-state index in [1.54, 1.807) is 13.0 Å². The summed E-state index contributed by atoms with van der Waals surface area (Å²) in [6.45, 7) is 1.65. The minimum absolute atomic E-state index is 0.0420. The van der Waals surface area contributed by atoms with Crippen LogP contribution in [0.5, 0.6) is 0 Å². The quantitative estimate of drug-likeness (QED) is 0.318. The van der Waals surface area contributed by atoms with Gasteiger partial charge in [-0.1, -0.05) is 12.2 Å². The van der Waals surface area contributed by atoms with Crippen LogP contribution < -0.4 is 0 Å². The van der Waals surface area contributed by atoms with Gasteiger partial charge in [-0.05, 0) is 6.92 Å². The number of esters is 2. The van der Waals surface area contributed by atoms with Crippen molar-refractivity contribution in [3.63, 3.8) is 0 Å². The molecule has 2 heterocycles. The van der Waals surface area contributed by atoms with E-state index in [2.05, 4.69) is 0 Å². The molecule has 5 nitrogen and oxygen atoms in total. The third-order valence-corrected chi connectivity index (χ3v) is 3.23. The molecule has 3 rings (SSSR count). The fourth-order valence-corrected chi connectivity index (χ4v) is 2.24. The van der Waals surface area contributed by atoms with Gasteiger partial charge < -0.3 is 14.2 Å². The first-order chi connectivity index (χ1) is 8.65. The van der Waals surface area contributed by atoms with Crippen LogP contribution in [0.4, 0.5) is 0 Å². The topological polar surface area (TPSA) is 61.8 Å². The SMILES string of the molecule is CC1=C[C@@H](O/C=C2\C(=O)O[C@@H]3CC=C[C@H]23)OC1=O. The van der Waals surface area contributed by atoms with Crippen molar-refractivity contribution in [3.8, 4) is 0 Å². The first-order valence-electron chi connectivity index (χ1n) is 5.78. The first-order valence-corrected chi connectivity index (χ1v) is 5.78. The number of hydrogen-bond donors (Lipinski definition) is 0. The van der Waals surface area contributed by atoms with E-state index < -0.39 is 12.3 Å². The Morgan fingerprint density at radius 1 is 1.33 bits per heavy atom. The van der Waals surface area contributed by atoms with Gasteiger partial charge in [0.2, 0.25) is 0 Å². The number of carbonyl (C=O) groups excluding carboxylic acids is 2. The maximum atomic E-state index is 11.6. The second kappa shape index (κ2) is 4.01. The zero-order chi connectivity index (χ0) is 12.7. The summed E-state index contributed by atoms with van der Waals surface area (Å²) < 4.78 is 15.4. The van der Waals surface area contributed by atoms with E-state index in [1.807, 2.05) is 12.2 Å². The molecule has 0 spiro atoms. The molecule has 0 radical (unpaired) electrons. The Morgan fingerprint density at radius 3 is 2.89 bits per heavy atom. The van der Waals surface area contributed by atoms with Crippen LogP contribution >= 0.6 is 0 Å². The Balaban J connectivity index is 1.71. The fraction of sp³-hybridized carbons (Fsp3) is 0.385. The van der Waals surface area contributed by atoms with Crippen molar-refractivity contribution in [2.45, 2.75) is 25.7 Å². The number of cyclic esters (lactones) is 1. The van der Waals surface area contributed by atoms with Gasteiger partial charge in [-0.25, -0.2) is 9.59 Å². The summed E-state index contributed by atoms with van der Waals surface area (Å²) in [7, 11) is 0. The van der Waals surface area contributed by atoms with Gasteiger partial charge in [-0.2, -0.15) is 0 Å². The maximum Gasteiger partial charge on any atom is 0.338 e.